The molecule has 0 aromatic heterocycles. The lowest BCUT2D eigenvalue weighted by Crippen LogP contribution is -2.34. The Morgan fingerprint density at radius 3 is 2.75 bits per heavy atom. The molecule has 2 aromatic rings. The fourth-order valence-electron chi connectivity index (χ4n) is 2.82. The second kappa shape index (κ2) is 5.63. The first-order valence-electron chi connectivity index (χ1n) is 7.10. The van der Waals surface area contributed by atoms with Gasteiger partial charge < -0.3 is 10.1 Å². The molecule has 2 aromatic carbocycles. The number of benzene rings is 2. The lowest BCUT2D eigenvalue weighted by Gasteiger charge is -2.21. The largest absolute Gasteiger partial charge is 0.497 e. The van der Waals surface area contributed by atoms with E-state index < -0.39 is 0 Å². The maximum absolute atomic E-state index is 12.5. The molecule has 1 saturated heterocycles. The van der Waals surface area contributed by atoms with E-state index in [0.29, 0.717) is 0 Å². The van der Waals surface area contributed by atoms with Crippen molar-refractivity contribution in [1.82, 2.24) is 5.32 Å². The Labute approximate surface area is 118 Å². The molecule has 1 heterocycles. The van der Waals surface area contributed by atoms with E-state index in [1.807, 2.05) is 36.4 Å². The Kier molecular flexibility index (Phi) is 3.70. The van der Waals surface area contributed by atoms with Crippen LogP contribution in [0.3, 0.4) is 0 Å². The molecule has 0 amide bonds. The molecule has 1 aliphatic heterocycles. The average molecular weight is 269 g/mol. The third-order valence-electron chi connectivity index (χ3n) is 4.00. The van der Waals surface area contributed by atoms with Crippen LogP contribution in [0.4, 0.5) is 0 Å². The Bertz CT molecular complexity index is 630. The molecule has 0 unspecified atom stereocenters. The standard InChI is InChI=1S/C17H19NO2/c1-20-16-7-6-12-9-14(5-4-13(12)10-16)17(19)15-3-2-8-18-11-15/h4-7,9-10,15,18H,2-3,8,11H2,1H3/t15-/m0/s1. The van der Waals surface area contributed by atoms with E-state index in [9.17, 15) is 4.79 Å². The number of fused-ring (bicyclic) bond motifs is 1. The zero-order valence-corrected chi connectivity index (χ0v) is 11.7. The Balaban J connectivity index is 1.90. The van der Waals surface area contributed by atoms with Crippen molar-refractivity contribution in [1.29, 1.82) is 0 Å². The molecule has 1 atom stereocenters. The van der Waals surface area contributed by atoms with Crippen molar-refractivity contribution in [3.05, 3.63) is 42.0 Å². The smallest absolute Gasteiger partial charge is 0.167 e. The van der Waals surface area contributed by atoms with Crippen LogP contribution in [-0.4, -0.2) is 26.0 Å². The van der Waals surface area contributed by atoms with E-state index in [0.717, 1.165) is 48.0 Å². The minimum Gasteiger partial charge on any atom is -0.497 e. The van der Waals surface area contributed by atoms with Gasteiger partial charge in [0, 0.05) is 18.0 Å². The summed E-state index contributed by atoms with van der Waals surface area (Å²) in [6.07, 6.45) is 2.08. The number of piperidine rings is 1. The normalized spacial score (nSPS) is 18.9. The van der Waals surface area contributed by atoms with Gasteiger partial charge in [-0.15, -0.1) is 0 Å². The van der Waals surface area contributed by atoms with E-state index >= 15 is 0 Å². The van der Waals surface area contributed by atoms with Gasteiger partial charge in [0.2, 0.25) is 0 Å². The van der Waals surface area contributed by atoms with Crippen molar-refractivity contribution < 1.29 is 9.53 Å². The van der Waals surface area contributed by atoms with Crippen LogP contribution in [0.25, 0.3) is 10.8 Å². The lowest BCUT2D eigenvalue weighted by atomic mass is 9.90. The predicted octanol–water partition coefficient (Wildman–Crippen LogP) is 3.03. The zero-order valence-electron chi connectivity index (χ0n) is 11.7. The number of rotatable bonds is 3. The summed E-state index contributed by atoms with van der Waals surface area (Å²) in [4.78, 5) is 12.5. The number of carbonyl (C=O) groups is 1. The van der Waals surface area contributed by atoms with Gasteiger partial charge in [-0.25, -0.2) is 0 Å². The molecule has 20 heavy (non-hydrogen) atoms. The van der Waals surface area contributed by atoms with Crippen LogP contribution in [0.15, 0.2) is 36.4 Å². The van der Waals surface area contributed by atoms with Crippen LogP contribution in [0.1, 0.15) is 23.2 Å². The predicted molar refractivity (Wildman–Crippen MR) is 80.4 cm³/mol. The number of hydrogen-bond acceptors (Lipinski definition) is 3. The molecule has 0 spiro atoms. The van der Waals surface area contributed by atoms with Crippen molar-refractivity contribution in [3.8, 4) is 5.75 Å². The third kappa shape index (κ3) is 2.54. The summed E-state index contributed by atoms with van der Waals surface area (Å²) in [7, 11) is 1.66. The number of methoxy groups -OCH3 is 1. The highest BCUT2D eigenvalue weighted by Crippen LogP contribution is 2.24. The number of Topliss-reactive ketones (excluding diaryl/α,β-unsaturated/α-hetero) is 1. The van der Waals surface area contributed by atoms with Gasteiger partial charge in [-0.3, -0.25) is 4.79 Å². The Morgan fingerprint density at radius 1 is 1.20 bits per heavy atom. The summed E-state index contributed by atoms with van der Waals surface area (Å²) < 4.78 is 5.22. The highest BCUT2D eigenvalue weighted by Gasteiger charge is 2.22. The van der Waals surface area contributed by atoms with E-state index in [4.69, 9.17) is 4.74 Å². The van der Waals surface area contributed by atoms with E-state index in [1.165, 1.54) is 0 Å². The monoisotopic (exact) mass is 269 g/mol. The summed E-state index contributed by atoms with van der Waals surface area (Å²) in [6.45, 7) is 1.83. The van der Waals surface area contributed by atoms with Crippen molar-refractivity contribution in [2.24, 2.45) is 5.92 Å². The van der Waals surface area contributed by atoms with Gasteiger partial charge in [0.25, 0.3) is 0 Å². The maximum atomic E-state index is 12.5. The van der Waals surface area contributed by atoms with E-state index in [1.54, 1.807) is 7.11 Å². The number of ether oxygens (including phenoxy) is 1. The summed E-state index contributed by atoms with van der Waals surface area (Å²) in [5, 5.41) is 5.48. The number of hydrogen-bond donors (Lipinski definition) is 1. The molecule has 0 bridgehead atoms. The summed E-state index contributed by atoms with van der Waals surface area (Å²) in [6, 6.07) is 11.8. The fraction of sp³-hybridized carbons (Fsp3) is 0.353. The molecule has 104 valence electrons. The Morgan fingerprint density at radius 2 is 2.00 bits per heavy atom. The van der Waals surface area contributed by atoms with Gasteiger partial charge in [0.05, 0.1) is 7.11 Å². The minimum absolute atomic E-state index is 0.124. The molecule has 1 N–H and O–H groups in total. The summed E-state index contributed by atoms with van der Waals surface area (Å²) >= 11 is 0. The van der Waals surface area contributed by atoms with Crippen LogP contribution in [-0.2, 0) is 0 Å². The van der Waals surface area contributed by atoms with E-state index in [-0.39, 0.29) is 11.7 Å². The molecule has 3 rings (SSSR count). The summed E-state index contributed by atoms with van der Waals surface area (Å²) in [5.74, 6) is 1.22. The van der Waals surface area contributed by atoms with Crippen molar-refractivity contribution in [2.45, 2.75) is 12.8 Å². The third-order valence-corrected chi connectivity index (χ3v) is 4.00. The first-order chi connectivity index (χ1) is 9.78. The number of carbonyl (C=O) groups excluding carboxylic acids is 1. The average Bonchev–Trinajstić information content (AvgIpc) is 2.54. The fourth-order valence-corrected chi connectivity index (χ4v) is 2.82. The van der Waals surface area contributed by atoms with Crippen LogP contribution < -0.4 is 10.1 Å². The number of ketones is 1. The van der Waals surface area contributed by atoms with E-state index in [2.05, 4.69) is 5.32 Å². The molecule has 1 aliphatic rings. The molecule has 0 aliphatic carbocycles. The second-order valence-corrected chi connectivity index (χ2v) is 5.34. The quantitative estimate of drug-likeness (QED) is 0.870. The summed E-state index contributed by atoms with van der Waals surface area (Å²) in [5.41, 5.74) is 0.816. The van der Waals surface area contributed by atoms with Gasteiger partial charge in [-0.05, 0) is 48.4 Å². The zero-order chi connectivity index (χ0) is 13.9. The van der Waals surface area contributed by atoms with Gasteiger partial charge in [-0.1, -0.05) is 18.2 Å². The first kappa shape index (κ1) is 13.1. The van der Waals surface area contributed by atoms with Crippen LogP contribution in [0.2, 0.25) is 0 Å². The molecular formula is C17H19NO2. The number of nitrogens with one attached hydrogen (secondary N) is 1. The molecule has 0 saturated carbocycles. The van der Waals surface area contributed by atoms with Crippen molar-refractivity contribution in [2.75, 3.05) is 20.2 Å². The van der Waals surface area contributed by atoms with Gasteiger partial charge in [-0.2, -0.15) is 0 Å². The molecule has 3 heteroatoms. The Hall–Kier alpha value is -1.87. The lowest BCUT2D eigenvalue weighted by molar-refractivity contribution is 0.0900. The van der Waals surface area contributed by atoms with Gasteiger partial charge in [0.15, 0.2) is 5.78 Å². The van der Waals surface area contributed by atoms with Gasteiger partial charge in [0.1, 0.15) is 5.75 Å². The van der Waals surface area contributed by atoms with Crippen LogP contribution in [0, 0.1) is 5.92 Å². The highest BCUT2D eigenvalue weighted by atomic mass is 16.5. The first-order valence-corrected chi connectivity index (χ1v) is 7.10. The highest BCUT2D eigenvalue weighted by molar-refractivity contribution is 6.01. The SMILES string of the molecule is COc1ccc2cc(C(=O)[C@H]3CCCNC3)ccc2c1. The van der Waals surface area contributed by atoms with Crippen LogP contribution in [0.5, 0.6) is 5.75 Å². The van der Waals surface area contributed by atoms with Gasteiger partial charge >= 0.3 is 0 Å². The molecule has 1 fully saturated rings. The molecular weight excluding hydrogens is 250 g/mol. The molecule has 0 radical (unpaired) electrons. The maximum Gasteiger partial charge on any atom is 0.167 e. The van der Waals surface area contributed by atoms with Crippen LogP contribution >= 0.6 is 0 Å². The van der Waals surface area contributed by atoms with Crippen molar-refractivity contribution >= 4 is 16.6 Å². The minimum atomic E-state index is 0.124. The topological polar surface area (TPSA) is 38.3 Å². The molecule has 3 nitrogen and oxygen atoms in total. The van der Waals surface area contributed by atoms with Crippen molar-refractivity contribution in [3.63, 3.8) is 0 Å². The second-order valence-electron chi connectivity index (χ2n) is 5.34.